The molecule has 0 aliphatic heterocycles. The zero-order chi connectivity index (χ0) is 21.1. The molecule has 1 N–H and O–H groups in total. The monoisotopic (exact) mass is 455 g/mol. The summed E-state index contributed by atoms with van der Waals surface area (Å²) >= 11 is 13.0. The van der Waals surface area contributed by atoms with Crippen molar-refractivity contribution in [1.29, 1.82) is 5.26 Å². The third-order valence-electron chi connectivity index (χ3n) is 4.02. The third kappa shape index (κ3) is 4.39. The Labute approximate surface area is 184 Å². The van der Waals surface area contributed by atoms with Crippen LogP contribution in [0.3, 0.4) is 0 Å². The van der Waals surface area contributed by atoms with Crippen molar-refractivity contribution in [3.05, 3.63) is 80.4 Å². The van der Waals surface area contributed by atoms with Crippen LogP contribution in [0.5, 0.6) is 0 Å². The fourth-order valence-electron chi connectivity index (χ4n) is 2.59. The van der Waals surface area contributed by atoms with Gasteiger partial charge in [0.2, 0.25) is 11.8 Å². The van der Waals surface area contributed by atoms with Gasteiger partial charge in [0.1, 0.15) is 11.6 Å². The normalized spacial score (nSPS) is 10.7. The van der Waals surface area contributed by atoms with Gasteiger partial charge in [-0.25, -0.2) is 4.98 Å². The Morgan fingerprint density at radius 2 is 1.63 bits per heavy atom. The van der Waals surface area contributed by atoms with Gasteiger partial charge in [-0.2, -0.15) is 5.26 Å². The minimum Gasteiger partial charge on any atom is -0.420 e. The zero-order valence-electron chi connectivity index (χ0n) is 15.1. The van der Waals surface area contributed by atoms with E-state index in [0.717, 1.165) is 5.56 Å². The van der Waals surface area contributed by atoms with Crippen LogP contribution in [0, 0.1) is 11.3 Å². The lowest BCUT2D eigenvalue weighted by Gasteiger charge is -2.06. The van der Waals surface area contributed by atoms with Gasteiger partial charge in [-0.3, -0.25) is 4.79 Å². The lowest BCUT2D eigenvalue weighted by molar-refractivity contribution is 0.528. The second-order valence-corrected chi connectivity index (χ2v) is 7.85. The Balaban J connectivity index is 1.57. The summed E-state index contributed by atoms with van der Waals surface area (Å²) in [6.45, 7) is 0. The molecule has 0 bridgehead atoms. The van der Waals surface area contributed by atoms with Gasteiger partial charge in [0.15, 0.2) is 5.16 Å². The Kier molecular flexibility index (Phi) is 5.86. The highest BCUT2D eigenvalue weighted by Gasteiger charge is 2.15. The Bertz CT molecular complexity index is 1290. The molecule has 148 valence electrons. The second kappa shape index (κ2) is 8.71. The van der Waals surface area contributed by atoms with Crippen LogP contribution in [0.2, 0.25) is 10.0 Å². The molecule has 4 rings (SSSR count). The van der Waals surface area contributed by atoms with Crippen LogP contribution in [-0.2, 0) is 5.75 Å². The van der Waals surface area contributed by atoms with E-state index in [-0.39, 0.29) is 17.0 Å². The Morgan fingerprint density at radius 3 is 2.27 bits per heavy atom. The highest BCUT2D eigenvalue weighted by molar-refractivity contribution is 7.98. The first-order chi connectivity index (χ1) is 14.5. The molecule has 0 aliphatic rings. The molecule has 2 heterocycles. The summed E-state index contributed by atoms with van der Waals surface area (Å²) in [7, 11) is 0. The molecule has 30 heavy (non-hydrogen) atoms. The minimum absolute atomic E-state index is 0.0653. The van der Waals surface area contributed by atoms with E-state index < -0.39 is 5.56 Å². The fraction of sp³-hybridized carbons (Fsp3) is 0.0500. The summed E-state index contributed by atoms with van der Waals surface area (Å²) in [5, 5.41) is 18.9. The molecule has 0 aliphatic carbocycles. The molecule has 2 aromatic carbocycles. The number of hydrogen-bond acceptors (Lipinski definition) is 7. The molecule has 0 fully saturated rings. The average Bonchev–Trinajstić information content (AvgIpc) is 3.22. The Hall–Kier alpha value is -3.12. The number of H-pyrrole nitrogens is 1. The van der Waals surface area contributed by atoms with E-state index in [9.17, 15) is 10.1 Å². The number of nitriles is 1. The molecule has 4 aromatic rings. The van der Waals surface area contributed by atoms with E-state index in [2.05, 4.69) is 20.2 Å². The van der Waals surface area contributed by atoms with Gasteiger partial charge < -0.3 is 9.40 Å². The van der Waals surface area contributed by atoms with Crippen LogP contribution < -0.4 is 5.56 Å². The molecule has 0 atom stereocenters. The number of nitrogens with one attached hydrogen (secondary N) is 1. The quantitative estimate of drug-likeness (QED) is 0.334. The molecule has 0 unspecified atom stereocenters. The molecule has 0 radical (unpaired) electrons. The van der Waals surface area contributed by atoms with Crippen LogP contribution in [0.4, 0.5) is 0 Å². The van der Waals surface area contributed by atoms with E-state index in [1.807, 2.05) is 6.07 Å². The van der Waals surface area contributed by atoms with Gasteiger partial charge >= 0.3 is 0 Å². The SMILES string of the molecule is N#Cc1c(-c2ccc(Cl)cc2)nc(SCc2nnc(-c3ccc(Cl)cc3)o2)[nH]c1=O. The second-order valence-electron chi connectivity index (χ2n) is 6.01. The fourth-order valence-corrected chi connectivity index (χ4v) is 3.54. The van der Waals surface area contributed by atoms with Crippen molar-refractivity contribution in [2.75, 3.05) is 0 Å². The number of rotatable bonds is 5. The van der Waals surface area contributed by atoms with E-state index in [1.165, 1.54) is 11.8 Å². The first kappa shape index (κ1) is 20.2. The number of benzene rings is 2. The number of hydrogen-bond donors (Lipinski definition) is 1. The van der Waals surface area contributed by atoms with Crippen molar-refractivity contribution >= 4 is 35.0 Å². The van der Waals surface area contributed by atoms with Gasteiger partial charge in [-0.1, -0.05) is 47.1 Å². The maximum Gasteiger partial charge on any atom is 0.270 e. The third-order valence-corrected chi connectivity index (χ3v) is 5.38. The van der Waals surface area contributed by atoms with Crippen LogP contribution in [0.15, 0.2) is 62.9 Å². The maximum atomic E-state index is 12.3. The lowest BCUT2D eigenvalue weighted by atomic mass is 10.1. The predicted octanol–water partition coefficient (Wildman–Crippen LogP) is 4.96. The van der Waals surface area contributed by atoms with Crippen LogP contribution in [0.25, 0.3) is 22.7 Å². The van der Waals surface area contributed by atoms with Crippen molar-refractivity contribution in [2.45, 2.75) is 10.9 Å². The van der Waals surface area contributed by atoms with Crippen molar-refractivity contribution in [3.63, 3.8) is 0 Å². The van der Waals surface area contributed by atoms with Gasteiger partial charge in [0.05, 0.1) is 11.4 Å². The standard InChI is InChI=1S/C20H11Cl2N5O2S/c21-13-5-1-11(2-6-13)17-15(9-23)18(28)25-20(24-17)30-10-16-26-27-19(29-16)12-3-7-14(22)8-4-12/h1-8H,10H2,(H,24,25,28). The summed E-state index contributed by atoms with van der Waals surface area (Å²) < 4.78 is 5.66. The van der Waals surface area contributed by atoms with E-state index in [4.69, 9.17) is 27.6 Å². The number of nitrogens with zero attached hydrogens (tertiary/aromatic N) is 4. The molecule has 0 spiro atoms. The van der Waals surface area contributed by atoms with E-state index >= 15 is 0 Å². The largest absolute Gasteiger partial charge is 0.420 e. The number of thioether (sulfide) groups is 1. The summed E-state index contributed by atoms with van der Waals surface area (Å²) in [6.07, 6.45) is 0. The van der Waals surface area contributed by atoms with Gasteiger partial charge in [0, 0.05) is 21.2 Å². The number of halogens is 2. The maximum absolute atomic E-state index is 12.3. The number of aromatic nitrogens is 4. The minimum atomic E-state index is -0.521. The molecule has 10 heteroatoms. The number of aromatic amines is 1. The molecule has 7 nitrogen and oxygen atoms in total. The first-order valence-corrected chi connectivity index (χ1v) is 10.3. The van der Waals surface area contributed by atoms with E-state index in [0.29, 0.717) is 32.5 Å². The summed E-state index contributed by atoms with van der Waals surface area (Å²) in [5.41, 5.74) is 1.06. The van der Waals surface area contributed by atoms with Gasteiger partial charge in [-0.05, 0) is 36.4 Å². The van der Waals surface area contributed by atoms with Crippen molar-refractivity contribution < 1.29 is 4.42 Å². The van der Waals surface area contributed by atoms with Gasteiger partial charge in [-0.15, -0.1) is 10.2 Å². The molecule has 2 aromatic heterocycles. The molecule has 0 saturated heterocycles. The smallest absolute Gasteiger partial charge is 0.270 e. The van der Waals surface area contributed by atoms with Crippen LogP contribution in [0.1, 0.15) is 11.5 Å². The summed E-state index contributed by atoms with van der Waals surface area (Å²) in [6, 6.07) is 15.7. The van der Waals surface area contributed by atoms with Crippen molar-refractivity contribution in [2.24, 2.45) is 0 Å². The molecular weight excluding hydrogens is 445 g/mol. The summed E-state index contributed by atoms with van der Waals surface area (Å²) in [4.78, 5) is 19.4. The molecular formula is C20H11Cl2N5O2S. The van der Waals surface area contributed by atoms with Crippen LogP contribution in [-0.4, -0.2) is 20.2 Å². The van der Waals surface area contributed by atoms with Crippen LogP contribution >= 0.6 is 35.0 Å². The highest BCUT2D eigenvalue weighted by atomic mass is 35.5. The molecule has 0 saturated carbocycles. The summed E-state index contributed by atoms with van der Waals surface area (Å²) in [5.74, 6) is 1.02. The van der Waals surface area contributed by atoms with Gasteiger partial charge in [0.25, 0.3) is 5.56 Å². The first-order valence-electron chi connectivity index (χ1n) is 8.55. The Morgan fingerprint density at radius 1 is 1.00 bits per heavy atom. The molecule has 0 amide bonds. The predicted molar refractivity (Wildman–Crippen MR) is 114 cm³/mol. The average molecular weight is 456 g/mol. The zero-order valence-corrected chi connectivity index (χ0v) is 17.4. The van der Waals surface area contributed by atoms with E-state index in [1.54, 1.807) is 48.5 Å². The lowest BCUT2D eigenvalue weighted by Crippen LogP contribution is -2.14. The van der Waals surface area contributed by atoms with Crippen molar-refractivity contribution in [3.8, 4) is 28.8 Å². The highest BCUT2D eigenvalue weighted by Crippen LogP contribution is 2.26. The van der Waals surface area contributed by atoms with Crippen molar-refractivity contribution in [1.82, 2.24) is 20.2 Å². The topological polar surface area (TPSA) is 108 Å².